The van der Waals surface area contributed by atoms with Crippen LogP contribution in [0, 0.1) is 12.7 Å². The topological polar surface area (TPSA) is 56.2 Å². The number of amides is 1. The molecular formula is C15H16FN3O2. The Hall–Kier alpha value is -2.37. The minimum Gasteiger partial charge on any atom is -0.491 e. The maximum atomic E-state index is 13.2. The fourth-order valence-electron chi connectivity index (χ4n) is 2.45. The Bertz CT molecular complexity index is 669. The molecule has 3 rings (SSSR count). The monoisotopic (exact) mass is 289 g/mol. The lowest BCUT2D eigenvalue weighted by atomic mass is 10.0. The second kappa shape index (κ2) is 5.55. The van der Waals surface area contributed by atoms with E-state index in [-0.39, 0.29) is 24.3 Å². The van der Waals surface area contributed by atoms with Crippen molar-refractivity contribution in [2.24, 2.45) is 0 Å². The maximum Gasteiger partial charge on any atom is 0.240 e. The van der Waals surface area contributed by atoms with Gasteiger partial charge < -0.3 is 14.6 Å². The standard InChI is InChI=1S/C15H16FN3O2/c1-10-17-4-5-19(10)8-15(20)18-13-7-11-6-12(16)2-3-14(11)21-9-13/h2-6,13H,7-9H2,1H3,(H,18,20)/t13-/m1/s1. The van der Waals surface area contributed by atoms with Gasteiger partial charge in [-0.3, -0.25) is 4.79 Å². The van der Waals surface area contributed by atoms with E-state index in [1.165, 1.54) is 12.1 Å². The first-order valence-corrected chi connectivity index (χ1v) is 6.80. The normalized spacial score (nSPS) is 17.0. The molecule has 2 aromatic rings. The van der Waals surface area contributed by atoms with Crippen molar-refractivity contribution in [2.45, 2.75) is 25.9 Å². The molecule has 0 saturated heterocycles. The number of imidazole rings is 1. The van der Waals surface area contributed by atoms with E-state index in [0.717, 1.165) is 11.4 Å². The molecule has 0 aliphatic carbocycles. The third kappa shape index (κ3) is 3.04. The van der Waals surface area contributed by atoms with E-state index in [1.807, 2.05) is 6.92 Å². The highest BCUT2D eigenvalue weighted by atomic mass is 19.1. The van der Waals surface area contributed by atoms with Crippen molar-refractivity contribution in [3.63, 3.8) is 0 Å². The van der Waals surface area contributed by atoms with Gasteiger partial charge >= 0.3 is 0 Å². The van der Waals surface area contributed by atoms with Crippen LogP contribution in [0.1, 0.15) is 11.4 Å². The first-order chi connectivity index (χ1) is 10.1. The molecule has 1 amide bonds. The van der Waals surface area contributed by atoms with Crippen LogP contribution in [0.5, 0.6) is 5.75 Å². The van der Waals surface area contributed by atoms with Crippen LogP contribution in [-0.4, -0.2) is 28.1 Å². The van der Waals surface area contributed by atoms with Crippen molar-refractivity contribution in [3.8, 4) is 5.75 Å². The van der Waals surface area contributed by atoms with Crippen molar-refractivity contribution in [1.82, 2.24) is 14.9 Å². The summed E-state index contributed by atoms with van der Waals surface area (Å²) in [6.07, 6.45) is 3.99. The number of nitrogens with zero attached hydrogens (tertiary/aromatic N) is 2. The van der Waals surface area contributed by atoms with Gasteiger partial charge in [-0.2, -0.15) is 0 Å². The third-order valence-corrected chi connectivity index (χ3v) is 3.53. The minimum atomic E-state index is -0.293. The summed E-state index contributed by atoms with van der Waals surface area (Å²) >= 11 is 0. The summed E-state index contributed by atoms with van der Waals surface area (Å²) in [7, 11) is 0. The number of hydrogen-bond acceptors (Lipinski definition) is 3. The smallest absolute Gasteiger partial charge is 0.240 e. The summed E-state index contributed by atoms with van der Waals surface area (Å²) in [6, 6.07) is 4.31. The Kier molecular flexibility index (Phi) is 3.60. The molecule has 0 fully saturated rings. The first kappa shape index (κ1) is 13.6. The zero-order valence-electron chi connectivity index (χ0n) is 11.7. The second-order valence-electron chi connectivity index (χ2n) is 5.13. The summed E-state index contributed by atoms with van der Waals surface area (Å²) < 4.78 is 20.5. The molecule has 2 heterocycles. The van der Waals surface area contributed by atoms with Gasteiger partial charge in [0.2, 0.25) is 5.91 Å². The van der Waals surface area contributed by atoms with Crippen LogP contribution >= 0.6 is 0 Å². The number of nitrogens with one attached hydrogen (secondary N) is 1. The van der Waals surface area contributed by atoms with E-state index in [2.05, 4.69) is 10.3 Å². The third-order valence-electron chi connectivity index (χ3n) is 3.53. The molecule has 0 bridgehead atoms. The van der Waals surface area contributed by atoms with Gasteiger partial charge in [-0.1, -0.05) is 0 Å². The summed E-state index contributed by atoms with van der Waals surface area (Å²) in [5, 5.41) is 2.91. The van der Waals surface area contributed by atoms with Gasteiger partial charge in [0.25, 0.3) is 0 Å². The van der Waals surface area contributed by atoms with Gasteiger partial charge in [0.1, 0.15) is 30.5 Å². The molecule has 0 saturated carbocycles. The number of benzene rings is 1. The van der Waals surface area contributed by atoms with Gasteiger partial charge in [-0.05, 0) is 37.1 Å². The average molecular weight is 289 g/mol. The lowest BCUT2D eigenvalue weighted by Crippen LogP contribution is -2.44. The number of rotatable bonds is 3. The van der Waals surface area contributed by atoms with E-state index < -0.39 is 0 Å². The fraction of sp³-hybridized carbons (Fsp3) is 0.333. The number of aromatic nitrogens is 2. The molecule has 0 radical (unpaired) electrons. The summed E-state index contributed by atoms with van der Waals surface area (Å²) in [5.41, 5.74) is 0.783. The molecule has 1 atom stereocenters. The Balaban J connectivity index is 1.62. The van der Waals surface area contributed by atoms with Gasteiger partial charge in [0, 0.05) is 12.4 Å². The number of hydrogen-bond donors (Lipinski definition) is 1. The Labute approximate surface area is 121 Å². The second-order valence-corrected chi connectivity index (χ2v) is 5.13. The highest BCUT2D eigenvalue weighted by Gasteiger charge is 2.22. The van der Waals surface area contributed by atoms with Gasteiger partial charge in [0.15, 0.2) is 0 Å². The van der Waals surface area contributed by atoms with Crippen LogP contribution in [0.3, 0.4) is 0 Å². The maximum absolute atomic E-state index is 13.2. The van der Waals surface area contributed by atoms with Crippen LogP contribution < -0.4 is 10.1 Å². The van der Waals surface area contributed by atoms with Crippen molar-refractivity contribution < 1.29 is 13.9 Å². The number of ether oxygens (including phenoxy) is 1. The molecule has 1 N–H and O–H groups in total. The molecule has 0 unspecified atom stereocenters. The molecule has 21 heavy (non-hydrogen) atoms. The number of fused-ring (bicyclic) bond motifs is 1. The van der Waals surface area contributed by atoms with Crippen LogP contribution in [0.2, 0.25) is 0 Å². The molecule has 110 valence electrons. The Morgan fingerprint density at radius 1 is 1.57 bits per heavy atom. The summed E-state index contributed by atoms with van der Waals surface area (Å²) in [4.78, 5) is 16.1. The van der Waals surface area contributed by atoms with Crippen molar-refractivity contribution in [3.05, 3.63) is 47.8 Å². The molecule has 1 aliphatic rings. The van der Waals surface area contributed by atoms with Crippen molar-refractivity contribution >= 4 is 5.91 Å². The lowest BCUT2D eigenvalue weighted by molar-refractivity contribution is -0.122. The zero-order chi connectivity index (χ0) is 14.8. The van der Waals surface area contributed by atoms with E-state index in [0.29, 0.717) is 18.8 Å². The van der Waals surface area contributed by atoms with Crippen LogP contribution in [0.4, 0.5) is 4.39 Å². The molecule has 1 aromatic heterocycles. The van der Waals surface area contributed by atoms with Crippen LogP contribution in [0.15, 0.2) is 30.6 Å². The number of halogens is 1. The molecule has 0 spiro atoms. The van der Waals surface area contributed by atoms with Crippen LogP contribution in [0.25, 0.3) is 0 Å². The average Bonchev–Trinajstić information content (AvgIpc) is 2.83. The number of aryl methyl sites for hydroxylation is 1. The first-order valence-electron chi connectivity index (χ1n) is 6.80. The van der Waals surface area contributed by atoms with Crippen molar-refractivity contribution in [1.29, 1.82) is 0 Å². The molecule has 1 aromatic carbocycles. The number of carbonyl (C=O) groups is 1. The van der Waals surface area contributed by atoms with Gasteiger partial charge in [-0.25, -0.2) is 9.37 Å². The minimum absolute atomic E-state index is 0.107. The van der Waals surface area contributed by atoms with Crippen LogP contribution in [-0.2, 0) is 17.8 Å². The molecule has 1 aliphatic heterocycles. The zero-order valence-corrected chi connectivity index (χ0v) is 11.7. The predicted octanol–water partition coefficient (Wildman–Crippen LogP) is 1.45. The van der Waals surface area contributed by atoms with E-state index >= 15 is 0 Å². The van der Waals surface area contributed by atoms with Gasteiger partial charge in [0.05, 0.1) is 6.04 Å². The highest BCUT2D eigenvalue weighted by Crippen LogP contribution is 2.25. The van der Waals surface area contributed by atoms with Crippen molar-refractivity contribution in [2.75, 3.05) is 6.61 Å². The quantitative estimate of drug-likeness (QED) is 0.930. The predicted molar refractivity (Wildman–Crippen MR) is 74.5 cm³/mol. The summed E-state index contributed by atoms with van der Waals surface area (Å²) in [5.74, 6) is 1.08. The summed E-state index contributed by atoms with van der Waals surface area (Å²) in [6.45, 7) is 2.46. The van der Waals surface area contributed by atoms with E-state index in [4.69, 9.17) is 4.74 Å². The Morgan fingerprint density at radius 2 is 2.43 bits per heavy atom. The lowest BCUT2D eigenvalue weighted by Gasteiger charge is -2.26. The SMILES string of the molecule is Cc1nccn1CC(=O)N[C@H]1COc2ccc(F)cc2C1. The highest BCUT2D eigenvalue weighted by molar-refractivity contribution is 5.76. The molecular weight excluding hydrogens is 273 g/mol. The van der Waals surface area contributed by atoms with E-state index in [9.17, 15) is 9.18 Å². The molecule has 6 heteroatoms. The molecule has 5 nitrogen and oxygen atoms in total. The fourth-order valence-corrected chi connectivity index (χ4v) is 2.45. The Morgan fingerprint density at radius 3 is 3.19 bits per heavy atom. The van der Waals surface area contributed by atoms with Gasteiger partial charge in [-0.15, -0.1) is 0 Å². The van der Waals surface area contributed by atoms with E-state index in [1.54, 1.807) is 23.0 Å². The largest absolute Gasteiger partial charge is 0.491 e. The number of carbonyl (C=O) groups excluding carboxylic acids is 1.